The molecule has 0 N–H and O–H groups in total. The molecule has 0 aliphatic rings. The molecule has 0 spiro atoms. The molecule has 94 valence electrons. The number of pyridine rings is 1. The summed E-state index contributed by atoms with van der Waals surface area (Å²) in [6, 6.07) is 11.3. The Morgan fingerprint density at radius 1 is 1.11 bits per heavy atom. The number of aryl methyl sites for hydroxylation is 1. The summed E-state index contributed by atoms with van der Waals surface area (Å²) in [5.74, 6) is 1.58. The van der Waals surface area contributed by atoms with Crippen molar-refractivity contribution in [2.45, 2.75) is 6.92 Å². The van der Waals surface area contributed by atoms with Gasteiger partial charge in [0.15, 0.2) is 0 Å². The Morgan fingerprint density at radius 3 is 2.61 bits per heavy atom. The third-order valence-corrected chi connectivity index (χ3v) is 2.58. The van der Waals surface area contributed by atoms with Gasteiger partial charge < -0.3 is 9.47 Å². The first-order valence-electron chi connectivity index (χ1n) is 5.68. The van der Waals surface area contributed by atoms with Crippen LogP contribution in [0.3, 0.4) is 0 Å². The Balaban J connectivity index is 1.80. The lowest BCUT2D eigenvalue weighted by atomic mass is 10.3. The highest BCUT2D eigenvalue weighted by Crippen LogP contribution is 2.20. The first-order chi connectivity index (χ1) is 8.75. The van der Waals surface area contributed by atoms with Gasteiger partial charge in [0.2, 0.25) is 0 Å². The Morgan fingerprint density at radius 2 is 1.83 bits per heavy atom. The SMILES string of the molecule is Cc1cnc(Cl)cc1OCCOc1ccccc1. The van der Waals surface area contributed by atoms with E-state index in [2.05, 4.69) is 4.98 Å². The molecule has 0 atom stereocenters. The van der Waals surface area contributed by atoms with E-state index in [1.165, 1.54) is 0 Å². The van der Waals surface area contributed by atoms with Crippen molar-refractivity contribution in [2.75, 3.05) is 13.2 Å². The van der Waals surface area contributed by atoms with Crippen molar-refractivity contribution in [3.05, 3.63) is 53.3 Å². The van der Waals surface area contributed by atoms with Gasteiger partial charge in [-0.1, -0.05) is 29.8 Å². The van der Waals surface area contributed by atoms with Gasteiger partial charge in [-0.15, -0.1) is 0 Å². The zero-order valence-corrected chi connectivity index (χ0v) is 10.9. The van der Waals surface area contributed by atoms with E-state index >= 15 is 0 Å². The molecule has 0 aliphatic heterocycles. The van der Waals surface area contributed by atoms with Crippen molar-refractivity contribution in [1.82, 2.24) is 4.98 Å². The summed E-state index contributed by atoms with van der Waals surface area (Å²) in [7, 11) is 0. The van der Waals surface area contributed by atoms with E-state index < -0.39 is 0 Å². The molecular weight excluding hydrogens is 250 g/mol. The van der Waals surface area contributed by atoms with Crippen LogP contribution in [-0.4, -0.2) is 18.2 Å². The molecule has 0 saturated carbocycles. The van der Waals surface area contributed by atoms with Gasteiger partial charge in [0.05, 0.1) is 0 Å². The number of halogens is 1. The van der Waals surface area contributed by atoms with Gasteiger partial charge in [-0.2, -0.15) is 0 Å². The fraction of sp³-hybridized carbons (Fsp3) is 0.214. The highest BCUT2D eigenvalue weighted by atomic mass is 35.5. The predicted octanol–water partition coefficient (Wildman–Crippen LogP) is 3.50. The van der Waals surface area contributed by atoms with Crippen molar-refractivity contribution >= 4 is 11.6 Å². The minimum atomic E-state index is 0.430. The van der Waals surface area contributed by atoms with Gasteiger partial charge in [0, 0.05) is 17.8 Å². The highest BCUT2D eigenvalue weighted by Gasteiger charge is 2.01. The lowest BCUT2D eigenvalue weighted by Crippen LogP contribution is -2.09. The van der Waals surface area contributed by atoms with E-state index in [4.69, 9.17) is 21.1 Å². The van der Waals surface area contributed by atoms with E-state index in [1.807, 2.05) is 37.3 Å². The molecule has 0 amide bonds. The van der Waals surface area contributed by atoms with E-state index in [0.717, 1.165) is 17.1 Å². The van der Waals surface area contributed by atoms with E-state index in [-0.39, 0.29) is 0 Å². The lowest BCUT2D eigenvalue weighted by Gasteiger charge is -2.10. The molecule has 3 nitrogen and oxygen atoms in total. The standard InChI is InChI=1S/C14H14ClNO2/c1-11-10-16-14(15)9-13(11)18-8-7-17-12-5-3-2-4-6-12/h2-6,9-10H,7-8H2,1H3. The Labute approximate surface area is 111 Å². The maximum absolute atomic E-state index is 5.80. The zero-order chi connectivity index (χ0) is 12.8. The molecular formula is C14H14ClNO2. The summed E-state index contributed by atoms with van der Waals surface area (Å²) in [5.41, 5.74) is 0.958. The summed E-state index contributed by atoms with van der Waals surface area (Å²) < 4.78 is 11.1. The molecule has 0 aliphatic carbocycles. The number of benzene rings is 1. The van der Waals surface area contributed by atoms with Crippen LogP contribution in [0, 0.1) is 6.92 Å². The molecule has 2 rings (SSSR count). The fourth-order valence-electron chi connectivity index (χ4n) is 1.46. The molecule has 0 bridgehead atoms. The normalized spacial score (nSPS) is 10.1. The summed E-state index contributed by atoms with van der Waals surface area (Å²) in [4.78, 5) is 3.97. The summed E-state index contributed by atoms with van der Waals surface area (Å²) >= 11 is 5.80. The van der Waals surface area contributed by atoms with E-state index in [9.17, 15) is 0 Å². The average molecular weight is 264 g/mol. The van der Waals surface area contributed by atoms with Crippen LogP contribution in [0.4, 0.5) is 0 Å². The number of hydrogen-bond acceptors (Lipinski definition) is 3. The summed E-state index contributed by atoms with van der Waals surface area (Å²) in [5, 5.41) is 0.430. The van der Waals surface area contributed by atoms with Gasteiger partial charge >= 0.3 is 0 Å². The largest absolute Gasteiger partial charge is 0.490 e. The minimum absolute atomic E-state index is 0.430. The summed E-state index contributed by atoms with van der Waals surface area (Å²) in [6.45, 7) is 2.89. The maximum Gasteiger partial charge on any atom is 0.132 e. The average Bonchev–Trinajstić information content (AvgIpc) is 2.40. The molecule has 1 heterocycles. The van der Waals surface area contributed by atoms with Crippen LogP contribution in [-0.2, 0) is 0 Å². The van der Waals surface area contributed by atoms with Gasteiger partial charge in [0.25, 0.3) is 0 Å². The van der Waals surface area contributed by atoms with Crippen molar-refractivity contribution < 1.29 is 9.47 Å². The van der Waals surface area contributed by atoms with E-state index in [0.29, 0.717) is 18.4 Å². The minimum Gasteiger partial charge on any atom is -0.490 e. The molecule has 1 aromatic carbocycles. The maximum atomic E-state index is 5.80. The molecule has 0 radical (unpaired) electrons. The smallest absolute Gasteiger partial charge is 0.132 e. The number of aromatic nitrogens is 1. The predicted molar refractivity (Wildman–Crippen MR) is 71.4 cm³/mol. The Hall–Kier alpha value is -1.74. The molecule has 4 heteroatoms. The third kappa shape index (κ3) is 3.64. The number of hydrogen-bond donors (Lipinski definition) is 0. The highest BCUT2D eigenvalue weighted by molar-refractivity contribution is 6.29. The van der Waals surface area contributed by atoms with Crippen molar-refractivity contribution in [3.63, 3.8) is 0 Å². The van der Waals surface area contributed by atoms with Crippen molar-refractivity contribution in [1.29, 1.82) is 0 Å². The fourth-order valence-corrected chi connectivity index (χ4v) is 1.61. The van der Waals surface area contributed by atoms with Crippen LogP contribution in [0.2, 0.25) is 5.15 Å². The monoisotopic (exact) mass is 263 g/mol. The topological polar surface area (TPSA) is 31.4 Å². The third-order valence-electron chi connectivity index (χ3n) is 2.37. The van der Waals surface area contributed by atoms with Crippen LogP contribution >= 0.6 is 11.6 Å². The molecule has 1 aromatic heterocycles. The van der Waals surface area contributed by atoms with Crippen LogP contribution in [0.25, 0.3) is 0 Å². The number of rotatable bonds is 5. The van der Waals surface area contributed by atoms with Crippen molar-refractivity contribution in [2.24, 2.45) is 0 Å². The molecule has 2 aromatic rings. The number of nitrogens with zero attached hydrogens (tertiary/aromatic N) is 1. The second-order valence-electron chi connectivity index (χ2n) is 3.78. The number of para-hydroxylation sites is 1. The lowest BCUT2D eigenvalue weighted by molar-refractivity contribution is 0.216. The summed E-state index contributed by atoms with van der Waals surface area (Å²) in [6.07, 6.45) is 1.69. The Bertz CT molecular complexity index is 502. The van der Waals surface area contributed by atoms with Gasteiger partial charge in [-0.25, -0.2) is 4.98 Å². The van der Waals surface area contributed by atoms with Gasteiger partial charge in [-0.3, -0.25) is 0 Å². The second kappa shape index (κ2) is 6.26. The number of ether oxygens (including phenoxy) is 2. The Kier molecular flexibility index (Phi) is 4.42. The van der Waals surface area contributed by atoms with Crippen LogP contribution < -0.4 is 9.47 Å². The molecule has 0 saturated heterocycles. The molecule has 18 heavy (non-hydrogen) atoms. The van der Waals surface area contributed by atoms with Crippen molar-refractivity contribution in [3.8, 4) is 11.5 Å². The van der Waals surface area contributed by atoms with Crippen LogP contribution in [0.5, 0.6) is 11.5 Å². The van der Waals surface area contributed by atoms with Crippen LogP contribution in [0.1, 0.15) is 5.56 Å². The first kappa shape index (κ1) is 12.7. The van der Waals surface area contributed by atoms with Gasteiger partial charge in [0.1, 0.15) is 29.9 Å². The van der Waals surface area contributed by atoms with E-state index in [1.54, 1.807) is 12.3 Å². The quantitative estimate of drug-likeness (QED) is 0.611. The van der Waals surface area contributed by atoms with Crippen LogP contribution in [0.15, 0.2) is 42.6 Å². The van der Waals surface area contributed by atoms with Gasteiger partial charge in [-0.05, 0) is 19.1 Å². The molecule has 0 unspecified atom stereocenters. The zero-order valence-electron chi connectivity index (χ0n) is 10.1. The second-order valence-corrected chi connectivity index (χ2v) is 4.17. The molecule has 0 fully saturated rings. The first-order valence-corrected chi connectivity index (χ1v) is 6.06.